The lowest BCUT2D eigenvalue weighted by molar-refractivity contribution is 0.660. The number of hydrogen-bond acceptors (Lipinski definition) is 0. The fourth-order valence-corrected chi connectivity index (χ4v) is 23.3. The molecule has 121 heavy (non-hydrogen) atoms. The molecule has 0 spiro atoms. The predicted octanol–water partition coefficient (Wildman–Crippen LogP) is 29.8. The molecule has 0 aromatic heterocycles. The van der Waals surface area contributed by atoms with Gasteiger partial charge in [-0.3, -0.25) is 0 Å². The minimum Gasteiger partial charge on any atom is -0.0622 e. The first-order valence-corrected chi connectivity index (χ1v) is 42.7. The van der Waals surface area contributed by atoms with Gasteiger partial charge in [0.2, 0.25) is 0 Å². The first kappa shape index (κ1) is 70.4. The largest absolute Gasteiger partial charge is 0.0713 e. The Morgan fingerprint density at radius 1 is 0.124 bits per heavy atom. The molecule has 0 radical (unpaired) electrons. The summed E-state index contributed by atoms with van der Waals surface area (Å²) in [6.45, 7) is 4.90. The second-order valence-corrected chi connectivity index (χ2v) is 34.2. The molecule has 0 atom stereocenters. The van der Waals surface area contributed by atoms with Gasteiger partial charge < -0.3 is 0 Å². The van der Waals surface area contributed by atoms with Crippen molar-refractivity contribution in [3.8, 4) is 111 Å². The van der Waals surface area contributed by atoms with Crippen LogP contribution in [0.2, 0.25) is 0 Å². The highest BCUT2D eigenvalue weighted by molar-refractivity contribution is 6.10. The monoisotopic (exact) mass is 1530 g/mol. The van der Waals surface area contributed by atoms with Crippen LogP contribution in [0.3, 0.4) is 0 Å². The molecular weight excluding hydrogens is 1450 g/mol. The summed E-state index contributed by atoms with van der Waals surface area (Å²) in [4.78, 5) is 0. The van der Waals surface area contributed by atoms with Crippen molar-refractivity contribution < 1.29 is 0 Å². The van der Waals surface area contributed by atoms with Crippen molar-refractivity contribution in [2.45, 2.75) is 40.9 Å². The van der Waals surface area contributed by atoms with Gasteiger partial charge in [0.25, 0.3) is 0 Å². The zero-order valence-corrected chi connectivity index (χ0v) is 67.4. The molecule has 5 aliphatic rings. The number of rotatable bonds is 13. The lowest BCUT2D eigenvalue weighted by Gasteiger charge is -2.35. The van der Waals surface area contributed by atoms with E-state index in [1.807, 2.05) is 0 Å². The van der Waals surface area contributed by atoms with Gasteiger partial charge in [-0.2, -0.15) is 0 Å². The average Bonchev–Trinajstić information content (AvgIpc) is 1.58. The zero-order chi connectivity index (χ0) is 80.2. The molecule has 0 saturated heterocycles. The Bertz CT molecular complexity index is 6820. The van der Waals surface area contributed by atoms with Gasteiger partial charge in [-0.15, -0.1) is 0 Å². The Balaban J connectivity index is 0.908. The molecule has 566 valence electrons. The maximum absolute atomic E-state index is 2.67. The molecule has 0 unspecified atom stereocenters. The number of fused-ring (bicyclic) bond motifs is 15. The Morgan fingerprint density at radius 3 is 0.570 bits per heavy atom. The second-order valence-electron chi connectivity index (χ2n) is 34.2. The molecule has 0 heterocycles. The average molecular weight is 1540 g/mol. The van der Waals surface area contributed by atoms with Crippen LogP contribution in [0.5, 0.6) is 0 Å². The summed E-state index contributed by atoms with van der Waals surface area (Å²) in [5.41, 5.74) is 43.1. The minimum atomic E-state index is -0.722. The van der Waals surface area contributed by atoms with Crippen LogP contribution in [0.4, 0.5) is 0 Å². The molecule has 0 heteroatoms. The Kier molecular flexibility index (Phi) is 15.8. The smallest absolute Gasteiger partial charge is 0.0622 e. The van der Waals surface area contributed by atoms with E-state index < -0.39 is 21.7 Å². The molecule has 5 aliphatic carbocycles. The van der Waals surface area contributed by atoms with E-state index in [1.54, 1.807) is 0 Å². The summed E-state index contributed by atoms with van der Waals surface area (Å²) in [5.74, 6) is 0. The Morgan fingerprint density at radius 2 is 0.306 bits per heavy atom. The summed E-state index contributed by atoms with van der Waals surface area (Å²) in [6.07, 6.45) is 0. The third kappa shape index (κ3) is 9.85. The van der Waals surface area contributed by atoms with Gasteiger partial charge in [-0.05, 0) is 248 Å². The van der Waals surface area contributed by atoms with E-state index in [9.17, 15) is 0 Å². The molecular formula is C121H82. The molecule has 0 N–H and O–H groups in total. The van der Waals surface area contributed by atoms with Gasteiger partial charge in [-0.1, -0.05) is 438 Å². The van der Waals surface area contributed by atoms with E-state index in [-0.39, 0.29) is 5.41 Å². The van der Waals surface area contributed by atoms with Crippen molar-refractivity contribution in [2.24, 2.45) is 0 Å². The zero-order valence-electron chi connectivity index (χ0n) is 67.4. The van der Waals surface area contributed by atoms with E-state index >= 15 is 0 Å². The van der Waals surface area contributed by atoms with Gasteiger partial charge >= 0.3 is 0 Å². The second kappa shape index (κ2) is 27.1. The molecule has 0 saturated carbocycles. The molecule has 19 aromatic rings. The quantitative estimate of drug-likeness (QED) is 0.108. The van der Waals surface area contributed by atoms with E-state index in [2.05, 4.69) is 475 Å². The lowest BCUT2D eigenvalue weighted by atomic mass is 9.66. The lowest BCUT2D eigenvalue weighted by Crippen LogP contribution is -2.28. The topological polar surface area (TPSA) is 0 Å². The number of hydrogen-bond donors (Lipinski definition) is 0. The van der Waals surface area contributed by atoms with Crippen molar-refractivity contribution >= 4 is 0 Å². The van der Waals surface area contributed by atoms with Gasteiger partial charge in [0.05, 0.1) is 21.7 Å². The van der Waals surface area contributed by atoms with Crippen molar-refractivity contribution in [2.75, 3.05) is 0 Å². The predicted molar refractivity (Wildman–Crippen MR) is 500 cm³/mol. The number of benzene rings is 19. The molecule has 0 nitrogen and oxygen atoms in total. The standard InChI is InChI=1S/C121H82/c1-117(2)104-58-32-27-53-92(104)97-70-67-83(75-109(97)117)116-114(81-65-71-100-95-56-30-35-61-107(95)120(112(100)76-81,88-45-19-7-20-46-88)89-47-21-8-22-48-89)102(79-63-68-98-93-54-28-33-59-105(93)118(110(98)73-79,84-37-11-3-12-38-84)85-39-13-4-14-40-85)78-103(80-64-69-99-94-55-29-34-60-106(94)119(111(99)74-80,86-41-15-5-16-42-86)87-43-17-6-18-44-87)115(116)82-66-72-101-96-57-31-36-62-108(96)121(113(101)77-82,90-49-23-9-24-50-90)91-51-25-10-26-52-91/h3-78H,1-2H3. The highest BCUT2D eigenvalue weighted by atomic mass is 14.5. The van der Waals surface area contributed by atoms with E-state index in [0.717, 1.165) is 55.6 Å². The normalized spacial score (nSPS) is 14.7. The fourth-order valence-electron chi connectivity index (χ4n) is 23.3. The first-order chi connectivity index (χ1) is 59.8. The van der Waals surface area contributed by atoms with E-state index in [4.69, 9.17) is 0 Å². The third-order valence-electron chi connectivity index (χ3n) is 28.2. The van der Waals surface area contributed by atoms with Gasteiger partial charge in [0, 0.05) is 5.41 Å². The van der Waals surface area contributed by atoms with Gasteiger partial charge in [0.1, 0.15) is 0 Å². The van der Waals surface area contributed by atoms with Crippen LogP contribution in [0.25, 0.3) is 111 Å². The highest BCUT2D eigenvalue weighted by Gasteiger charge is 2.52. The van der Waals surface area contributed by atoms with Crippen molar-refractivity contribution in [1.82, 2.24) is 0 Å². The third-order valence-corrected chi connectivity index (χ3v) is 28.2. The van der Waals surface area contributed by atoms with Crippen LogP contribution < -0.4 is 0 Å². The minimum absolute atomic E-state index is 0.363. The molecule has 0 amide bonds. The van der Waals surface area contributed by atoms with Crippen LogP contribution in [-0.2, 0) is 27.1 Å². The Labute approximate surface area is 708 Å². The van der Waals surface area contributed by atoms with Crippen molar-refractivity contribution in [3.63, 3.8) is 0 Å². The summed E-state index contributed by atoms with van der Waals surface area (Å²) >= 11 is 0. The van der Waals surface area contributed by atoms with Crippen LogP contribution in [-0.4, -0.2) is 0 Å². The summed E-state index contributed by atoms with van der Waals surface area (Å²) in [5, 5.41) is 0. The van der Waals surface area contributed by atoms with Crippen molar-refractivity contribution in [1.29, 1.82) is 0 Å². The SMILES string of the molecule is CC1(C)c2ccccc2-c2ccc(-c3c(-c4ccc5c(c4)C(c4ccccc4)(c4ccccc4)c4ccccc4-5)c(-c4ccc5c(c4)C(c4ccccc4)(c4ccccc4)c4ccccc4-5)cc(-c4ccc5c(c4)C(c4ccccc4)(c4ccccc4)c4ccccc4-5)c3-c3ccc4c(c3)C(c3ccccc3)(c3ccccc3)c3ccccc3-4)cc21. The van der Waals surface area contributed by atoms with E-state index in [1.165, 1.54) is 156 Å². The summed E-state index contributed by atoms with van der Waals surface area (Å²) in [6, 6.07) is 178. The fraction of sp³-hybridized carbons (Fsp3) is 0.0579. The maximum atomic E-state index is 2.67. The van der Waals surface area contributed by atoms with Gasteiger partial charge in [-0.25, -0.2) is 0 Å². The molecule has 24 rings (SSSR count). The summed E-state index contributed by atoms with van der Waals surface area (Å²) in [7, 11) is 0. The van der Waals surface area contributed by atoms with Crippen LogP contribution in [0.1, 0.15) is 114 Å². The maximum Gasteiger partial charge on any atom is 0.0713 e. The van der Waals surface area contributed by atoms with Crippen LogP contribution in [0.15, 0.2) is 461 Å². The van der Waals surface area contributed by atoms with E-state index in [0.29, 0.717) is 0 Å². The molecule has 19 aromatic carbocycles. The Hall–Kier alpha value is -14.8. The van der Waals surface area contributed by atoms with Crippen molar-refractivity contribution in [3.05, 3.63) is 561 Å². The summed E-state index contributed by atoms with van der Waals surface area (Å²) < 4.78 is 0. The molecule has 0 fully saturated rings. The van der Waals surface area contributed by atoms with Crippen LogP contribution in [0, 0.1) is 0 Å². The highest BCUT2D eigenvalue weighted by Crippen LogP contribution is 2.65. The van der Waals surface area contributed by atoms with Gasteiger partial charge in [0.15, 0.2) is 0 Å². The molecule has 0 aliphatic heterocycles. The first-order valence-electron chi connectivity index (χ1n) is 42.7. The van der Waals surface area contributed by atoms with Crippen LogP contribution >= 0.6 is 0 Å². The molecule has 0 bridgehead atoms.